The van der Waals surface area contributed by atoms with Crippen LogP contribution < -0.4 is 0 Å². The largest absolute Gasteiger partial charge is 0.283 e. The van der Waals surface area contributed by atoms with Crippen LogP contribution in [0.15, 0.2) is 22.7 Å². The second-order valence-corrected chi connectivity index (χ2v) is 5.76. The van der Waals surface area contributed by atoms with E-state index in [1.165, 1.54) is 19.3 Å². The van der Waals surface area contributed by atoms with Crippen molar-refractivity contribution in [3.05, 3.63) is 28.4 Å². The number of aromatic nitrogens is 2. The molecule has 1 aliphatic rings. The van der Waals surface area contributed by atoms with Crippen molar-refractivity contribution in [3.8, 4) is 0 Å². The summed E-state index contributed by atoms with van der Waals surface area (Å²) in [6.07, 6.45) is 8.09. The third-order valence-corrected chi connectivity index (χ3v) is 4.18. The standard InChI is InChI=1S/C14H14BrN2O/c15-10-6-7-14-12(8-10)13(9-18)16-17(14)11-4-2-1-3-5-11/h6-8,11H,1-5H2. The quantitative estimate of drug-likeness (QED) is 0.846. The minimum atomic E-state index is 0.428. The molecule has 3 nitrogen and oxygen atoms in total. The van der Waals surface area contributed by atoms with Crippen molar-refractivity contribution in [3.63, 3.8) is 0 Å². The van der Waals surface area contributed by atoms with Gasteiger partial charge in [0.2, 0.25) is 0 Å². The predicted octanol–water partition coefficient (Wildman–Crippen LogP) is 3.76. The maximum Gasteiger partial charge on any atom is 0.256 e. The van der Waals surface area contributed by atoms with Gasteiger partial charge in [0.15, 0.2) is 0 Å². The molecule has 0 N–H and O–H groups in total. The molecule has 0 bridgehead atoms. The number of rotatable bonds is 2. The molecule has 0 aliphatic heterocycles. The van der Waals surface area contributed by atoms with Gasteiger partial charge in [-0.3, -0.25) is 9.48 Å². The zero-order chi connectivity index (χ0) is 12.5. The van der Waals surface area contributed by atoms with Gasteiger partial charge in [-0.15, -0.1) is 0 Å². The summed E-state index contributed by atoms with van der Waals surface area (Å²) in [5, 5.41) is 5.34. The van der Waals surface area contributed by atoms with E-state index in [0.717, 1.165) is 28.2 Å². The lowest BCUT2D eigenvalue weighted by atomic mass is 9.95. The average molecular weight is 306 g/mol. The highest BCUT2D eigenvalue weighted by molar-refractivity contribution is 9.10. The third-order valence-electron chi connectivity index (χ3n) is 3.69. The molecule has 0 unspecified atom stereocenters. The fourth-order valence-corrected chi connectivity index (χ4v) is 3.15. The van der Waals surface area contributed by atoms with Crippen molar-refractivity contribution >= 4 is 33.1 Å². The average Bonchev–Trinajstić information content (AvgIpc) is 2.77. The molecular formula is C14H14BrN2O. The summed E-state index contributed by atoms with van der Waals surface area (Å²) in [6, 6.07) is 6.41. The first-order chi connectivity index (χ1) is 8.79. The van der Waals surface area contributed by atoms with E-state index in [1.54, 1.807) is 0 Å². The second-order valence-electron chi connectivity index (χ2n) is 4.85. The highest BCUT2D eigenvalue weighted by atomic mass is 79.9. The number of carbonyl (C=O) groups excluding carboxylic acids is 1. The highest BCUT2D eigenvalue weighted by Crippen LogP contribution is 2.32. The minimum absolute atomic E-state index is 0.428. The molecule has 18 heavy (non-hydrogen) atoms. The van der Waals surface area contributed by atoms with Gasteiger partial charge in [-0.1, -0.05) is 35.2 Å². The Morgan fingerprint density at radius 3 is 2.78 bits per heavy atom. The number of halogens is 1. The maximum atomic E-state index is 11.0. The zero-order valence-corrected chi connectivity index (χ0v) is 11.6. The van der Waals surface area contributed by atoms with E-state index >= 15 is 0 Å². The Morgan fingerprint density at radius 2 is 2.06 bits per heavy atom. The summed E-state index contributed by atoms with van der Waals surface area (Å²) < 4.78 is 3.00. The Kier molecular flexibility index (Phi) is 3.20. The van der Waals surface area contributed by atoms with Gasteiger partial charge in [-0.2, -0.15) is 5.10 Å². The van der Waals surface area contributed by atoms with Gasteiger partial charge in [0, 0.05) is 9.86 Å². The van der Waals surface area contributed by atoms with Crippen LogP contribution in [-0.4, -0.2) is 16.1 Å². The molecule has 93 valence electrons. The molecule has 3 rings (SSSR count). The van der Waals surface area contributed by atoms with Crippen LogP contribution >= 0.6 is 15.9 Å². The Labute approximate surface area is 114 Å². The SMILES string of the molecule is O=[C]c1nn(C2CCCCC2)c2ccc(Br)cc12. The molecule has 1 aromatic carbocycles. The molecule has 1 radical (unpaired) electrons. The maximum absolute atomic E-state index is 11.0. The molecule has 1 aromatic heterocycles. The monoisotopic (exact) mass is 305 g/mol. The topological polar surface area (TPSA) is 34.9 Å². The molecule has 0 saturated heterocycles. The van der Waals surface area contributed by atoms with E-state index in [0.29, 0.717) is 11.7 Å². The summed E-state index contributed by atoms with van der Waals surface area (Å²) in [5.74, 6) is 0. The van der Waals surface area contributed by atoms with E-state index < -0.39 is 0 Å². The Morgan fingerprint density at radius 1 is 1.28 bits per heavy atom. The minimum Gasteiger partial charge on any atom is -0.283 e. The highest BCUT2D eigenvalue weighted by Gasteiger charge is 2.20. The fraction of sp³-hybridized carbons (Fsp3) is 0.429. The summed E-state index contributed by atoms with van der Waals surface area (Å²) in [5.41, 5.74) is 1.47. The van der Waals surface area contributed by atoms with Gasteiger partial charge < -0.3 is 0 Å². The van der Waals surface area contributed by atoms with Crippen LogP contribution in [0.3, 0.4) is 0 Å². The van der Waals surface area contributed by atoms with Crippen LogP contribution in [-0.2, 0) is 4.79 Å². The van der Waals surface area contributed by atoms with Crippen LogP contribution in [0.5, 0.6) is 0 Å². The van der Waals surface area contributed by atoms with Gasteiger partial charge >= 0.3 is 0 Å². The first kappa shape index (κ1) is 11.9. The Bertz CT molecular complexity index is 585. The van der Waals surface area contributed by atoms with Gasteiger partial charge in [0.25, 0.3) is 6.29 Å². The van der Waals surface area contributed by atoms with Crippen molar-refractivity contribution in [2.75, 3.05) is 0 Å². The van der Waals surface area contributed by atoms with Crippen molar-refractivity contribution in [2.24, 2.45) is 0 Å². The molecule has 1 fully saturated rings. The second kappa shape index (κ2) is 4.84. The van der Waals surface area contributed by atoms with Crippen LogP contribution in [0.4, 0.5) is 0 Å². The van der Waals surface area contributed by atoms with Crippen molar-refractivity contribution in [2.45, 2.75) is 38.1 Å². The number of fused-ring (bicyclic) bond motifs is 1. The molecule has 0 amide bonds. The lowest BCUT2D eigenvalue weighted by Crippen LogP contribution is -2.14. The summed E-state index contributed by atoms with van der Waals surface area (Å²) in [6.45, 7) is 0. The molecular weight excluding hydrogens is 292 g/mol. The number of hydrogen-bond acceptors (Lipinski definition) is 2. The molecule has 4 heteroatoms. The first-order valence-electron chi connectivity index (χ1n) is 6.35. The van der Waals surface area contributed by atoms with Crippen molar-refractivity contribution < 1.29 is 4.79 Å². The van der Waals surface area contributed by atoms with Crippen LogP contribution in [0.25, 0.3) is 10.9 Å². The molecule has 1 saturated carbocycles. The van der Waals surface area contributed by atoms with E-state index in [1.807, 2.05) is 29.2 Å². The van der Waals surface area contributed by atoms with Crippen LogP contribution in [0, 0.1) is 0 Å². The predicted molar refractivity (Wildman–Crippen MR) is 74.4 cm³/mol. The number of hydrogen-bond donors (Lipinski definition) is 0. The van der Waals surface area contributed by atoms with Crippen molar-refractivity contribution in [1.29, 1.82) is 0 Å². The molecule has 1 aliphatic carbocycles. The molecule has 0 atom stereocenters. The lowest BCUT2D eigenvalue weighted by Gasteiger charge is -2.22. The van der Waals surface area contributed by atoms with Gasteiger partial charge in [-0.05, 0) is 31.0 Å². The van der Waals surface area contributed by atoms with Gasteiger partial charge in [-0.25, -0.2) is 0 Å². The number of nitrogens with zero attached hydrogens (tertiary/aromatic N) is 2. The van der Waals surface area contributed by atoms with Crippen LogP contribution in [0.2, 0.25) is 0 Å². The van der Waals surface area contributed by atoms with E-state index in [2.05, 4.69) is 21.0 Å². The molecule has 1 heterocycles. The summed E-state index contributed by atoms with van der Waals surface area (Å²) >= 11 is 3.43. The fourth-order valence-electron chi connectivity index (χ4n) is 2.79. The summed E-state index contributed by atoms with van der Waals surface area (Å²) in [4.78, 5) is 11.0. The zero-order valence-electron chi connectivity index (χ0n) is 10.0. The van der Waals surface area contributed by atoms with Gasteiger partial charge in [0.1, 0.15) is 5.69 Å². The van der Waals surface area contributed by atoms with E-state index in [9.17, 15) is 4.79 Å². The summed E-state index contributed by atoms with van der Waals surface area (Å²) in [7, 11) is 0. The molecule has 0 spiro atoms. The van der Waals surface area contributed by atoms with Gasteiger partial charge in [0.05, 0.1) is 11.6 Å². The number of benzene rings is 1. The van der Waals surface area contributed by atoms with Crippen molar-refractivity contribution in [1.82, 2.24) is 9.78 Å². The molecule has 2 aromatic rings. The van der Waals surface area contributed by atoms with E-state index in [-0.39, 0.29) is 0 Å². The normalized spacial score (nSPS) is 17.2. The Balaban J connectivity index is 2.13. The lowest BCUT2D eigenvalue weighted by molar-refractivity contribution is 0.337. The van der Waals surface area contributed by atoms with Crippen LogP contribution in [0.1, 0.15) is 43.8 Å². The first-order valence-corrected chi connectivity index (χ1v) is 7.15. The Hall–Kier alpha value is -1.16. The third kappa shape index (κ3) is 1.99. The smallest absolute Gasteiger partial charge is 0.256 e. The van der Waals surface area contributed by atoms with E-state index in [4.69, 9.17) is 0 Å².